The molecule has 0 aliphatic carbocycles. The van der Waals surface area contributed by atoms with E-state index in [-0.39, 0.29) is 11.4 Å². The van der Waals surface area contributed by atoms with E-state index in [1.807, 2.05) is 50.5 Å². The zero-order chi connectivity index (χ0) is 13.6. The summed E-state index contributed by atoms with van der Waals surface area (Å²) in [4.78, 5) is 13.8. The third-order valence-corrected chi connectivity index (χ3v) is 3.13. The molecule has 0 bridgehead atoms. The molecular formula is C15H22N2O. The SMILES string of the molecule is CN(C)C(C)(C)CNC(=O)/C=C/c1ccccc1. The van der Waals surface area contributed by atoms with E-state index in [0.29, 0.717) is 6.54 Å². The van der Waals surface area contributed by atoms with Gasteiger partial charge in [0.1, 0.15) is 0 Å². The Morgan fingerprint density at radius 2 is 1.89 bits per heavy atom. The van der Waals surface area contributed by atoms with Crippen LogP contribution in [0.1, 0.15) is 19.4 Å². The maximum Gasteiger partial charge on any atom is 0.244 e. The van der Waals surface area contributed by atoms with Crippen LogP contribution in [0.5, 0.6) is 0 Å². The highest BCUT2D eigenvalue weighted by Crippen LogP contribution is 2.07. The van der Waals surface area contributed by atoms with Gasteiger partial charge in [0, 0.05) is 18.2 Å². The normalized spacial score (nSPS) is 12.1. The number of rotatable bonds is 5. The van der Waals surface area contributed by atoms with Gasteiger partial charge in [-0.15, -0.1) is 0 Å². The fourth-order valence-electron chi connectivity index (χ4n) is 1.26. The first kappa shape index (κ1) is 14.5. The lowest BCUT2D eigenvalue weighted by Crippen LogP contribution is -2.47. The minimum Gasteiger partial charge on any atom is -0.351 e. The molecule has 0 spiro atoms. The standard InChI is InChI=1S/C15H22N2O/c1-15(2,17(3)4)12-16-14(18)11-10-13-8-6-5-7-9-13/h5-11H,12H2,1-4H3,(H,16,18)/b11-10+. The van der Waals surface area contributed by atoms with Gasteiger partial charge in [-0.25, -0.2) is 0 Å². The topological polar surface area (TPSA) is 32.3 Å². The summed E-state index contributed by atoms with van der Waals surface area (Å²) in [5.74, 6) is -0.0613. The fraction of sp³-hybridized carbons (Fsp3) is 0.400. The molecule has 1 aromatic rings. The number of nitrogens with zero attached hydrogens (tertiary/aromatic N) is 1. The summed E-state index contributed by atoms with van der Waals surface area (Å²) in [6, 6.07) is 9.79. The van der Waals surface area contributed by atoms with Crippen molar-refractivity contribution in [3.63, 3.8) is 0 Å². The highest BCUT2D eigenvalue weighted by Gasteiger charge is 2.20. The Bertz CT molecular complexity index is 408. The maximum absolute atomic E-state index is 11.7. The highest BCUT2D eigenvalue weighted by molar-refractivity contribution is 5.91. The molecule has 0 aliphatic heterocycles. The quantitative estimate of drug-likeness (QED) is 0.807. The molecule has 1 aromatic carbocycles. The monoisotopic (exact) mass is 246 g/mol. The van der Waals surface area contributed by atoms with Crippen molar-refractivity contribution >= 4 is 12.0 Å². The smallest absolute Gasteiger partial charge is 0.244 e. The molecule has 3 nitrogen and oxygen atoms in total. The number of likely N-dealkylation sites (N-methyl/N-ethyl adjacent to an activating group) is 1. The summed E-state index contributed by atoms with van der Waals surface area (Å²) in [5, 5.41) is 2.91. The fourth-order valence-corrected chi connectivity index (χ4v) is 1.26. The van der Waals surface area contributed by atoms with Crippen molar-refractivity contribution in [2.45, 2.75) is 19.4 Å². The van der Waals surface area contributed by atoms with Gasteiger partial charge in [0.25, 0.3) is 0 Å². The summed E-state index contributed by atoms with van der Waals surface area (Å²) < 4.78 is 0. The number of hydrogen-bond donors (Lipinski definition) is 1. The molecule has 1 N–H and O–H groups in total. The number of benzene rings is 1. The number of hydrogen-bond acceptors (Lipinski definition) is 2. The summed E-state index contributed by atoms with van der Waals surface area (Å²) in [7, 11) is 4.01. The first-order chi connectivity index (χ1) is 8.42. The lowest BCUT2D eigenvalue weighted by molar-refractivity contribution is -0.116. The van der Waals surface area contributed by atoms with E-state index in [4.69, 9.17) is 0 Å². The van der Waals surface area contributed by atoms with Crippen LogP contribution < -0.4 is 5.32 Å². The van der Waals surface area contributed by atoms with Gasteiger partial charge in [-0.3, -0.25) is 4.79 Å². The molecule has 0 saturated carbocycles. The van der Waals surface area contributed by atoms with E-state index < -0.39 is 0 Å². The lowest BCUT2D eigenvalue weighted by atomic mass is 10.0. The van der Waals surface area contributed by atoms with Gasteiger partial charge in [-0.1, -0.05) is 30.3 Å². The molecule has 18 heavy (non-hydrogen) atoms. The predicted molar refractivity (Wildman–Crippen MR) is 76.3 cm³/mol. The molecular weight excluding hydrogens is 224 g/mol. The molecule has 1 rings (SSSR count). The van der Waals surface area contributed by atoms with Crippen LogP contribution >= 0.6 is 0 Å². The van der Waals surface area contributed by atoms with Crippen LogP contribution in [0.4, 0.5) is 0 Å². The van der Waals surface area contributed by atoms with Crippen molar-refractivity contribution < 1.29 is 4.79 Å². The molecule has 98 valence electrons. The number of nitrogens with one attached hydrogen (secondary N) is 1. The van der Waals surface area contributed by atoms with Crippen molar-refractivity contribution in [2.75, 3.05) is 20.6 Å². The van der Waals surface area contributed by atoms with Gasteiger partial charge in [0.15, 0.2) is 0 Å². The van der Waals surface area contributed by atoms with Crippen LogP contribution in [0.25, 0.3) is 6.08 Å². The minimum atomic E-state index is -0.0613. The van der Waals surface area contributed by atoms with Gasteiger partial charge >= 0.3 is 0 Å². The first-order valence-corrected chi connectivity index (χ1v) is 6.10. The zero-order valence-corrected chi connectivity index (χ0v) is 11.6. The van der Waals surface area contributed by atoms with Crippen LogP contribution in [0.15, 0.2) is 36.4 Å². The first-order valence-electron chi connectivity index (χ1n) is 6.10. The van der Waals surface area contributed by atoms with Crippen molar-refractivity contribution in [3.05, 3.63) is 42.0 Å². The molecule has 0 heterocycles. The van der Waals surface area contributed by atoms with Crippen LogP contribution in [0.3, 0.4) is 0 Å². The second-order valence-corrected chi connectivity index (χ2v) is 5.17. The average Bonchev–Trinajstić information content (AvgIpc) is 2.35. The summed E-state index contributed by atoms with van der Waals surface area (Å²) in [5.41, 5.74) is 0.982. The van der Waals surface area contributed by atoms with E-state index in [1.165, 1.54) is 0 Å². The van der Waals surface area contributed by atoms with E-state index in [0.717, 1.165) is 5.56 Å². The van der Waals surface area contributed by atoms with Gasteiger partial charge in [-0.05, 0) is 39.6 Å². The van der Waals surface area contributed by atoms with E-state index in [1.54, 1.807) is 6.08 Å². The Morgan fingerprint density at radius 3 is 2.44 bits per heavy atom. The van der Waals surface area contributed by atoms with Crippen molar-refractivity contribution in [3.8, 4) is 0 Å². The van der Waals surface area contributed by atoms with Gasteiger partial charge in [0.05, 0.1) is 0 Å². The molecule has 0 atom stereocenters. The van der Waals surface area contributed by atoms with Crippen molar-refractivity contribution in [1.29, 1.82) is 0 Å². The van der Waals surface area contributed by atoms with Crippen LogP contribution in [-0.4, -0.2) is 37.0 Å². The Morgan fingerprint density at radius 1 is 1.28 bits per heavy atom. The van der Waals surface area contributed by atoms with Crippen molar-refractivity contribution in [2.24, 2.45) is 0 Å². The number of amides is 1. The Labute approximate surface area is 109 Å². The summed E-state index contributed by atoms with van der Waals surface area (Å²) >= 11 is 0. The average molecular weight is 246 g/mol. The summed E-state index contributed by atoms with van der Waals surface area (Å²) in [6.45, 7) is 4.81. The second kappa shape index (κ2) is 6.36. The van der Waals surface area contributed by atoms with E-state index in [9.17, 15) is 4.79 Å². The van der Waals surface area contributed by atoms with E-state index in [2.05, 4.69) is 24.1 Å². The lowest BCUT2D eigenvalue weighted by Gasteiger charge is -2.32. The third kappa shape index (κ3) is 4.72. The molecule has 0 unspecified atom stereocenters. The molecule has 0 aliphatic rings. The highest BCUT2D eigenvalue weighted by atomic mass is 16.1. The molecule has 0 aromatic heterocycles. The maximum atomic E-state index is 11.7. The minimum absolute atomic E-state index is 0.0454. The van der Waals surface area contributed by atoms with Gasteiger partial charge < -0.3 is 10.2 Å². The van der Waals surface area contributed by atoms with Crippen LogP contribution in [-0.2, 0) is 4.79 Å². The van der Waals surface area contributed by atoms with Crippen molar-refractivity contribution in [1.82, 2.24) is 10.2 Å². The Balaban J connectivity index is 2.46. The van der Waals surface area contributed by atoms with Gasteiger partial charge in [0.2, 0.25) is 5.91 Å². The van der Waals surface area contributed by atoms with Crippen LogP contribution in [0, 0.1) is 0 Å². The largest absolute Gasteiger partial charge is 0.351 e. The number of carbonyl (C=O) groups excluding carboxylic acids is 1. The third-order valence-electron chi connectivity index (χ3n) is 3.13. The van der Waals surface area contributed by atoms with Gasteiger partial charge in [-0.2, -0.15) is 0 Å². The van der Waals surface area contributed by atoms with E-state index >= 15 is 0 Å². The molecule has 0 saturated heterocycles. The number of carbonyl (C=O) groups is 1. The second-order valence-electron chi connectivity index (χ2n) is 5.17. The predicted octanol–water partition coefficient (Wildman–Crippen LogP) is 2.16. The Hall–Kier alpha value is -1.61. The molecule has 3 heteroatoms. The van der Waals surface area contributed by atoms with Crippen LogP contribution in [0.2, 0.25) is 0 Å². The molecule has 0 fully saturated rings. The molecule has 1 amide bonds. The Kier molecular flexibility index (Phi) is 5.10. The molecule has 0 radical (unpaired) electrons. The zero-order valence-electron chi connectivity index (χ0n) is 11.6. The summed E-state index contributed by atoms with van der Waals surface area (Å²) in [6.07, 6.45) is 3.39.